The van der Waals surface area contributed by atoms with Crippen LogP contribution < -0.4 is 5.32 Å². The molecule has 1 fully saturated rings. The van der Waals surface area contributed by atoms with Gasteiger partial charge in [0.2, 0.25) is 0 Å². The number of anilines is 1. The number of rotatable bonds is 6. The van der Waals surface area contributed by atoms with Gasteiger partial charge in [-0.05, 0) is 37.0 Å². The van der Waals surface area contributed by atoms with E-state index in [0.717, 1.165) is 25.0 Å². The van der Waals surface area contributed by atoms with Gasteiger partial charge >= 0.3 is 18.3 Å². The van der Waals surface area contributed by atoms with Gasteiger partial charge in [-0.1, -0.05) is 11.6 Å². The minimum atomic E-state index is -6.39. The van der Waals surface area contributed by atoms with Crippen LogP contribution in [0, 0.1) is 5.92 Å². The zero-order valence-electron chi connectivity index (χ0n) is 16.5. The van der Waals surface area contributed by atoms with E-state index in [-0.39, 0.29) is 39.1 Å². The highest BCUT2D eigenvalue weighted by molar-refractivity contribution is 6.34. The van der Waals surface area contributed by atoms with Crippen molar-refractivity contribution in [1.82, 2.24) is 9.78 Å². The van der Waals surface area contributed by atoms with Crippen molar-refractivity contribution in [3.05, 3.63) is 45.7 Å². The summed E-state index contributed by atoms with van der Waals surface area (Å²) in [6, 6.07) is 3.40. The molecule has 1 aliphatic rings. The number of carbonyl (C=O) groups is 2. The van der Waals surface area contributed by atoms with E-state index in [1.165, 1.54) is 6.07 Å². The minimum Gasteiger partial charge on any atom is -0.321 e. The maximum absolute atomic E-state index is 13.7. The molecule has 180 valence electrons. The lowest BCUT2D eigenvalue weighted by molar-refractivity contribution is -0.292. The van der Waals surface area contributed by atoms with Crippen LogP contribution in [-0.2, 0) is 19.1 Å². The van der Waals surface area contributed by atoms with Crippen molar-refractivity contribution < 1.29 is 44.7 Å². The fourth-order valence-corrected chi connectivity index (χ4v) is 3.33. The van der Waals surface area contributed by atoms with Gasteiger partial charge in [-0.2, -0.15) is 40.2 Å². The zero-order chi connectivity index (χ0) is 24.9. The summed E-state index contributed by atoms with van der Waals surface area (Å²) in [5.74, 6) is -7.83. The van der Waals surface area contributed by atoms with Gasteiger partial charge in [0.1, 0.15) is 11.3 Å². The number of benzene rings is 1. The third-order valence-electron chi connectivity index (χ3n) is 4.89. The Kier molecular flexibility index (Phi) is 6.24. The Morgan fingerprint density at radius 1 is 1.12 bits per heavy atom. The highest BCUT2D eigenvalue weighted by Gasteiger charge is 2.64. The van der Waals surface area contributed by atoms with Crippen LogP contribution in [0.2, 0.25) is 5.02 Å². The summed E-state index contributed by atoms with van der Waals surface area (Å²) >= 11 is 5.97. The number of carbonyl (C=O) groups excluding carboxylic acids is 2. The second kappa shape index (κ2) is 8.26. The number of nitrogens with zero attached hydrogens (tertiary/aromatic N) is 2. The summed E-state index contributed by atoms with van der Waals surface area (Å²) in [6.45, 7) is 0. The molecule has 0 spiro atoms. The van der Waals surface area contributed by atoms with Crippen molar-refractivity contribution in [3.8, 4) is 0 Å². The molecule has 2 aromatic rings. The molecule has 3 rings (SSSR count). The van der Waals surface area contributed by atoms with Gasteiger partial charge < -0.3 is 5.32 Å². The maximum atomic E-state index is 13.7. The normalized spacial score (nSPS) is 15.0. The molecule has 0 atom stereocenters. The summed E-state index contributed by atoms with van der Waals surface area (Å²) in [7, 11) is 0.618. The van der Waals surface area contributed by atoms with Gasteiger partial charge in [0, 0.05) is 24.7 Å². The van der Waals surface area contributed by atoms with Crippen LogP contribution in [-0.4, -0.2) is 27.6 Å². The number of aryl methyl sites for hydroxylation is 1. The van der Waals surface area contributed by atoms with Crippen molar-refractivity contribution in [3.63, 3.8) is 0 Å². The van der Waals surface area contributed by atoms with Gasteiger partial charge in [0.15, 0.2) is 11.5 Å². The average Bonchev–Trinajstić information content (AvgIpc) is 3.39. The number of nitrogens with one attached hydrogen (secondary N) is 1. The molecule has 33 heavy (non-hydrogen) atoms. The third kappa shape index (κ3) is 4.97. The van der Waals surface area contributed by atoms with Crippen LogP contribution >= 0.6 is 11.6 Å². The molecule has 0 aliphatic heterocycles. The summed E-state index contributed by atoms with van der Waals surface area (Å²) < 4.78 is 106. The number of Topliss-reactive ketones (excluding diaryl/α,β-unsaturated/α-hetero) is 1. The molecule has 1 aromatic heterocycles. The van der Waals surface area contributed by atoms with Gasteiger partial charge in [0.25, 0.3) is 5.91 Å². The molecule has 14 heteroatoms. The summed E-state index contributed by atoms with van der Waals surface area (Å²) in [6.07, 6.45) is -10.3. The number of halogens is 9. The predicted molar refractivity (Wildman–Crippen MR) is 99.2 cm³/mol. The summed E-state index contributed by atoms with van der Waals surface area (Å²) in [5, 5.41) is 4.65. The van der Waals surface area contributed by atoms with E-state index in [1.807, 2.05) is 5.32 Å². The number of hydrogen-bond acceptors (Lipinski definition) is 3. The Labute approximate surface area is 185 Å². The predicted octanol–water partition coefficient (Wildman–Crippen LogP) is 5.98. The lowest BCUT2D eigenvalue weighted by Gasteiger charge is -2.19. The van der Waals surface area contributed by atoms with E-state index in [2.05, 4.69) is 5.10 Å². The molecular weight excluding hydrogens is 490 g/mol. The van der Waals surface area contributed by atoms with Gasteiger partial charge in [-0.25, -0.2) is 0 Å². The SMILES string of the molecule is Cn1nc(C(F)(F)C(F)(F)F)c(C(F)(F)F)c1C(=O)Nc1ccc(Cl)c(C(=O)CC2CC2)c1. The van der Waals surface area contributed by atoms with E-state index in [4.69, 9.17) is 11.6 Å². The van der Waals surface area contributed by atoms with Crippen molar-refractivity contribution >= 4 is 29.0 Å². The molecule has 1 heterocycles. The van der Waals surface area contributed by atoms with E-state index in [1.54, 1.807) is 0 Å². The Morgan fingerprint density at radius 3 is 2.24 bits per heavy atom. The van der Waals surface area contributed by atoms with Gasteiger partial charge in [-0.3, -0.25) is 14.3 Å². The van der Waals surface area contributed by atoms with E-state index < -0.39 is 41.1 Å². The first-order valence-corrected chi connectivity index (χ1v) is 9.65. The molecule has 1 aromatic carbocycles. The van der Waals surface area contributed by atoms with Crippen molar-refractivity contribution in [1.29, 1.82) is 0 Å². The Balaban J connectivity index is 2.00. The molecule has 1 amide bonds. The first-order valence-electron chi connectivity index (χ1n) is 9.27. The van der Waals surface area contributed by atoms with Crippen molar-refractivity contribution in [2.45, 2.75) is 37.5 Å². The van der Waals surface area contributed by atoms with Crippen LogP contribution in [0.4, 0.5) is 40.8 Å². The molecule has 0 bridgehead atoms. The number of alkyl halides is 8. The Bertz CT molecular complexity index is 1100. The fourth-order valence-electron chi connectivity index (χ4n) is 3.11. The minimum absolute atomic E-state index is 0.0117. The largest absolute Gasteiger partial charge is 0.459 e. The maximum Gasteiger partial charge on any atom is 0.459 e. The Morgan fingerprint density at radius 2 is 1.73 bits per heavy atom. The topological polar surface area (TPSA) is 64.0 Å². The number of aromatic nitrogens is 2. The molecule has 1 saturated carbocycles. The zero-order valence-corrected chi connectivity index (χ0v) is 17.3. The van der Waals surface area contributed by atoms with Crippen LogP contribution in [0.3, 0.4) is 0 Å². The summed E-state index contributed by atoms with van der Waals surface area (Å²) in [4.78, 5) is 24.9. The quantitative estimate of drug-likeness (QED) is 0.389. The molecule has 1 aliphatic carbocycles. The monoisotopic (exact) mass is 503 g/mol. The number of hydrogen-bond donors (Lipinski definition) is 1. The molecule has 0 radical (unpaired) electrons. The number of ketones is 1. The van der Waals surface area contributed by atoms with Crippen LogP contribution in [0.5, 0.6) is 0 Å². The molecule has 0 unspecified atom stereocenters. The molecule has 0 saturated heterocycles. The Hall–Kier alpha value is -2.70. The molecular formula is C19H14ClF8N3O2. The van der Waals surface area contributed by atoms with Crippen molar-refractivity contribution in [2.24, 2.45) is 13.0 Å². The lowest BCUT2D eigenvalue weighted by atomic mass is 10.0. The van der Waals surface area contributed by atoms with Gasteiger partial charge in [0.05, 0.1) is 5.02 Å². The second-order valence-corrected chi connectivity index (χ2v) is 7.89. The lowest BCUT2D eigenvalue weighted by Crippen LogP contribution is -2.36. The highest BCUT2D eigenvalue weighted by Crippen LogP contribution is 2.48. The summed E-state index contributed by atoms with van der Waals surface area (Å²) in [5.41, 5.74) is -6.98. The molecule has 1 N–H and O–H groups in total. The molecule has 5 nitrogen and oxygen atoms in total. The van der Waals surface area contributed by atoms with Crippen molar-refractivity contribution in [2.75, 3.05) is 5.32 Å². The van der Waals surface area contributed by atoms with Crippen LogP contribution in [0.15, 0.2) is 18.2 Å². The average molecular weight is 504 g/mol. The second-order valence-electron chi connectivity index (χ2n) is 7.49. The van der Waals surface area contributed by atoms with Crippen LogP contribution in [0.1, 0.15) is 51.4 Å². The van der Waals surface area contributed by atoms with E-state index in [9.17, 15) is 44.7 Å². The fraction of sp³-hybridized carbons (Fsp3) is 0.421. The highest BCUT2D eigenvalue weighted by atomic mass is 35.5. The van der Waals surface area contributed by atoms with E-state index in [0.29, 0.717) is 7.05 Å². The third-order valence-corrected chi connectivity index (χ3v) is 5.22. The first kappa shape index (κ1) is 24.9. The standard InChI is InChI=1S/C19H14ClF8N3O2/c1-31-14(13(18(23,24)25)15(30-31)17(21,22)19(26,27)28)16(33)29-9-4-5-11(20)10(7-9)12(32)6-8-2-3-8/h4-5,7-8H,2-3,6H2,1H3,(H,29,33). The van der Waals surface area contributed by atoms with E-state index >= 15 is 0 Å². The first-order chi connectivity index (χ1) is 15.0. The van der Waals surface area contributed by atoms with Crippen LogP contribution in [0.25, 0.3) is 0 Å². The smallest absolute Gasteiger partial charge is 0.321 e. The number of amides is 1. The van der Waals surface area contributed by atoms with Gasteiger partial charge in [-0.15, -0.1) is 0 Å².